The Morgan fingerprint density at radius 2 is 2.04 bits per heavy atom. The van der Waals surface area contributed by atoms with E-state index in [-0.39, 0.29) is 12.4 Å². The van der Waals surface area contributed by atoms with Crippen LogP contribution in [-0.4, -0.2) is 23.2 Å². The first kappa shape index (κ1) is 18.6. The number of aliphatic hydroxyl groups excluding tert-OH is 1. The molecular weight excluding hydrogens is 375 g/mol. The minimum atomic E-state index is -0.585. The van der Waals surface area contributed by atoms with E-state index in [9.17, 15) is 5.11 Å². The maximum atomic E-state index is 10.1. The van der Waals surface area contributed by atoms with Gasteiger partial charge in [-0.1, -0.05) is 41.4 Å². The highest BCUT2D eigenvalue weighted by atomic mass is 35.5. The van der Waals surface area contributed by atoms with Gasteiger partial charge in [-0.15, -0.1) is 23.7 Å². The van der Waals surface area contributed by atoms with Crippen LogP contribution in [0.15, 0.2) is 36.5 Å². The molecule has 0 aliphatic heterocycles. The van der Waals surface area contributed by atoms with Crippen LogP contribution in [0.2, 0.25) is 9.36 Å². The average Bonchev–Trinajstić information content (AvgIpc) is 3.08. The number of nitrogens with one attached hydrogen (secondary N) is 2. The van der Waals surface area contributed by atoms with E-state index in [0.717, 1.165) is 23.4 Å². The van der Waals surface area contributed by atoms with Gasteiger partial charge in [-0.25, -0.2) is 0 Å². The molecule has 3 aromatic rings. The minimum Gasteiger partial charge on any atom is -0.386 e. The van der Waals surface area contributed by atoms with Crippen molar-refractivity contribution in [2.45, 2.75) is 12.5 Å². The van der Waals surface area contributed by atoms with Gasteiger partial charge in [0, 0.05) is 28.5 Å². The third-order valence-electron chi connectivity index (χ3n) is 3.58. The number of para-hydroxylation sites is 1. The van der Waals surface area contributed by atoms with Crippen LogP contribution in [0.4, 0.5) is 0 Å². The second-order valence-corrected chi connectivity index (χ2v) is 7.19. The van der Waals surface area contributed by atoms with E-state index in [4.69, 9.17) is 23.2 Å². The number of hydrogen-bond donors (Lipinski definition) is 3. The number of benzene rings is 1. The van der Waals surface area contributed by atoms with Crippen LogP contribution in [0.1, 0.15) is 16.5 Å². The van der Waals surface area contributed by atoms with Gasteiger partial charge < -0.3 is 15.4 Å². The molecule has 3 N–H and O–H groups in total. The van der Waals surface area contributed by atoms with Crippen molar-refractivity contribution in [3.63, 3.8) is 0 Å². The van der Waals surface area contributed by atoms with Gasteiger partial charge in [0.05, 0.1) is 5.02 Å². The second kappa shape index (κ2) is 8.38. The molecule has 7 heteroatoms. The number of thiophene rings is 1. The Balaban J connectivity index is 0.00000192. The maximum absolute atomic E-state index is 10.1. The number of halogens is 3. The van der Waals surface area contributed by atoms with E-state index in [1.807, 2.05) is 18.3 Å². The zero-order valence-corrected chi connectivity index (χ0v) is 15.3. The van der Waals surface area contributed by atoms with Crippen LogP contribution in [0.5, 0.6) is 0 Å². The molecule has 0 saturated heterocycles. The molecule has 0 amide bonds. The van der Waals surface area contributed by atoms with Crippen molar-refractivity contribution in [1.29, 1.82) is 0 Å². The molecular formula is C16H17Cl3N2OS. The number of aromatic amines is 1. The molecule has 0 aliphatic rings. The Labute approximate surface area is 155 Å². The fraction of sp³-hybridized carbons (Fsp3) is 0.250. The molecule has 3 nitrogen and oxygen atoms in total. The van der Waals surface area contributed by atoms with Gasteiger partial charge >= 0.3 is 0 Å². The highest BCUT2D eigenvalue weighted by Gasteiger charge is 2.13. The third-order valence-corrected chi connectivity index (χ3v) is 5.54. The fourth-order valence-corrected chi connectivity index (χ4v) is 3.81. The molecule has 0 radical (unpaired) electrons. The van der Waals surface area contributed by atoms with Crippen molar-refractivity contribution < 1.29 is 5.11 Å². The standard InChI is InChI=1S/C16H16Cl2N2OS.ClH/c17-12-7-15(22-16(12)18)14(21)9-19-6-5-10-8-20-13-4-2-1-3-11(10)13;/h1-4,7-8,14,19-21H,5-6,9H2;1H. The lowest BCUT2D eigenvalue weighted by molar-refractivity contribution is 0.179. The first-order valence-corrected chi connectivity index (χ1v) is 8.61. The summed E-state index contributed by atoms with van der Waals surface area (Å²) >= 11 is 13.1. The van der Waals surface area contributed by atoms with Crippen LogP contribution in [-0.2, 0) is 6.42 Å². The fourth-order valence-electron chi connectivity index (χ4n) is 2.43. The topological polar surface area (TPSA) is 48.0 Å². The number of H-pyrrole nitrogens is 1. The molecule has 2 heterocycles. The minimum absolute atomic E-state index is 0. The number of aromatic nitrogens is 1. The van der Waals surface area contributed by atoms with Gasteiger partial charge in [-0.2, -0.15) is 0 Å². The molecule has 3 rings (SSSR count). The largest absolute Gasteiger partial charge is 0.386 e. The summed E-state index contributed by atoms with van der Waals surface area (Å²) in [5.41, 5.74) is 2.43. The Morgan fingerprint density at radius 3 is 2.78 bits per heavy atom. The molecule has 0 spiro atoms. The van der Waals surface area contributed by atoms with Gasteiger partial charge in [0.25, 0.3) is 0 Å². The quantitative estimate of drug-likeness (QED) is 0.527. The first-order valence-electron chi connectivity index (χ1n) is 7.03. The smallest absolute Gasteiger partial charge is 0.112 e. The lowest BCUT2D eigenvalue weighted by Crippen LogP contribution is -2.23. The summed E-state index contributed by atoms with van der Waals surface area (Å²) in [7, 11) is 0. The summed E-state index contributed by atoms with van der Waals surface area (Å²) in [5.74, 6) is 0. The monoisotopic (exact) mass is 390 g/mol. The van der Waals surface area contributed by atoms with E-state index < -0.39 is 6.10 Å². The van der Waals surface area contributed by atoms with Crippen molar-refractivity contribution in [1.82, 2.24) is 10.3 Å². The molecule has 0 aliphatic carbocycles. The molecule has 0 bridgehead atoms. The zero-order valence-electron chi connectivity index (χ0n) is 12.2. The van der Waals surface area contributed by atoms with Crippen molar-refractivity contribution in [3.8, 4) is 0 Å². The van der Waals surface area contributed by atoms with Crippen LogP contribution in [0.3, 0.4) is 0 Å². The zero-order chi connectivity index (χ0) is 15.5. The van der Waals surface area contributed by atoms with E-state index in [1.54, 1.807) is 6.07 Å². The van der Waals surface area contributed by atoms with Crippen LogP contribution in [0, 0.1) is 0 Å². The Kier molecular flexibility index (Phi) is 6.77. The molecule has 124 valence electrons. The summed E-state index contributed by atoms with van der Waals surface area (Å²) < 4.78 is 0.523. The Morgan fingerprint density at radius 1 is 1.26 bits per heavy atom. The molecule has 1 unspecified atom stereocenters. The third kappa shape index (κ3) is 4.41. The van der Waals surface area contributed by atoms with E-state index in [2.05, 4.69) is 22.4 Å². The molecule has 0 saturated carbocycles. The molecule has 23 heavy (non-hydrogen) atoms. The summed E-state index contributed by atoms with van der Waals surface area (Å²) in [6.07, 6.45) is 2.36. The summed E-state index contributed by atoms with van der Waals surface area (Å²) in [5, 5.41) is 15.1. The van der Waals surface area contributed by atoms with Gasteiger partial charge in [-0.05, 0) is 30.7 Å². The second-order valence-electron chi connectivity index (χ2n) is 5.10. The summed E-state index contributed by atoms with van der Waals surface area (Å²) in [4.78, 5) is 4.05. The van der Waals surface area contributed by atoms with Gasteiger partial charge in [0.2, 0.25) is 0 Å². The highest BCUT2D eigenvalue weighted by molar-refractivity contribution is 7.17. The van der Waals surface area contributed by atoms with E-state index >= 15 is 0 Å². The van der Waals surface area contributed by atoms with Crippen molar-refractivity contribution in [3.05, 3.63) is 56.3 Å². The molecule has 0 fully saturated rings. The number of fused-ring (bicyclic) bond motifs is 1. The lowest BCUT2D eigenvalue weighted by Gasteiger charge is -2.09. The summed E-state index contributed by atoms with van der Waals surface area (Å²) in [6.45, 7) is 1.28. The normalized spacial score (nSPS) is 12.3. The number of hydrogen-bond acceptors (Lipinski definition) is 3. The molecule has 2 aromatic heterocycles. The Hall–Kier alpha value is -0.750. The van der Waals surface area contributed by atoms with Gasteiger partial charge in [0.1, 0.15) is 10.4 Å². The van der Waals surface area contributed by atoms with Crippen molar-refractivity contribution >= 4 is 57.8 Å². The maximum Gasteiger partial charge on any atom is 0.112 e. The lowest BCUT2D eigenvalue weighted by atomic mass is 10.1. The average molecular weight is 392 g/mol. The number of rotatable bonds is 6. The van der Waals surface area contributed by atoms with Gasteiger partial charge in [-0.3, -0.25) is 0 Å². The van der Waals surface area contributed by atoms with Crippen LogP contribution < -0.4 is 5.32 Å². The molecule has 1 aromatic carbocycles. The van der Waals surface area contributed by atoms with Gasteiger partial charge in [0.15, 0.2) is 0 Å². The van der Waals surface area contributed by atoms with E-state index in [1.165, 1.54) is 22.3 Å². The van der Waals surface area contributed by atoms with E-state index in [0.29, 0.717) is 15.9 Å². The SMILES string of the molecule is Cl.OC(CNCCc1c[nH]c2ccccc12)c1cc(Cl)c(Cl)s1. The van der Waals surface area contributed by atoms with Crippen LogP contribution in [0.25, 0.3) is 10.9 Å². The van der Waals surface area contributed by atoms with Crippen molar-refractivity contribution in [2.75, 3.05) is 13.1 Å². The molecule has 1 atom stereocenters. The van der Waals surface area contributed by atoms with Crippen molar-refractivity contribution in [2.24, 2.45) is 0 Å². The number of aliphatic hydroxyl groups is 1. The predicted molar refractivity (Wildman–Crippen MR) is 101 cm³/mol. The van der Waals surface area contributed by atoms with Crippen LogP contribution >= 0.6 is 46.9 Å². The predicted octanol–water partition coefficient (Wildman–Crippen LogP) is 4.82. The Bertz CT molecular complexity index is 752. The first-order chi connectivity index (χ1) is 10.6. The summed E-state index contributed by atoms with van der Waals surface area (Å²) in [6, 6.07) is 9.97. The highest BCUT2D eigenvalue weighted by Crippen LogP contribution is 2.34.